The Labute approximate surface area is 202 Å². The summed E-state index contributed by atoms with van der Waals surface area (Å²) >= 11 is 3.82. The van der Waals surface area contributed by atoms with E-state index >= 15 is 0 Å². The molecule has 0 bridgehead atoms. The number of hydrogen-bond donors (Lipinski definition) is 0. The minimum absolute atomic E-state index is 0.208. The maximum Gasteiger partial charge on any atom is 0.340 e. The van der Waals surface area contributed by atoms with Crippen molar-refractivity contribution in [3.63, 3.8) is 0 Å². The van der Waals surface area contributed by atoms with E-state index in [0.29, 0.717) is 5.41 Å². The van der Waals surface area contributed by atoms with Gasteiger partial charge in [-0.3, -0.25) is 4.98 Å². The zero-order chi connectivity index (χ0) is 23.7. The number of aryl methyl sites for hydroxylation is 2. The van der Waals surface area contributed by atoms with Crippen LogP contribution in [0.2, 0.25) is 0 Å². The summed E-state index contributed by atoms with van der Waals surface area (Å²) in [5.74, 6) is -0.349. The lowest BCUT2D eigenvalue weighted by molar-refractivity contribution is -0.171. The highest BCUT2D eigenvalue weighted by Crippen LogP contribution is 2.48. The van der Waals surface area contributed by atoms with Crippen molar-refractivity contribution in [1.82, 2.24) is 4.98 Å². The maximum atomic E-state index is 13.2. The molecule has 1 saturated heterocycles. The minimum Gasteiger partial charge on any atom is -0.461 e. The molecule has 1 aromatic rings. The SMILES string of the molecule is Cc1nc(C)c(C(OC(C)(C)C)C(=O)OC(C)C)c(N2CCC3(CCCCC3)CC2)c1Br. The molecule has 2 heterocycles. The summed E-state index contributed by atoms with van der Waals surface area (Å²) in [6.07, 6.45) is 8.23. The smallest absolute Gasteiger partial charge is 0.340 e. The highest BCUT2D eigenvalue weighted by molar-refractivity contribution is 9.10. The summed E-state index contributed by atoms with van der Waals surface area (Å²) in [6, 6.07) is 0. The summed E-state index contributed by atoms with van der Waals surface area (Å²) in [4.78, 5) is 20.5. The normalized spacial score (nSPS) is 20.0. The number of rotatable bonds is 5. The van der Waals surface area contributed by atoms with Gasteiger partial charge in [0.05, 0.1) is 27.6 Å². The number of ether oxygens (including phenoxy) is 2. The number of carbonyl (C=O) groups is 1. The third-order valence-electron chi connectivity index (χ3n) is 6.86. The van der Waals surface area contributed by atoms with Crippen molar-refractivity contribution in [1.29, 1.82) is 0 Å². The van der Waals surface area contributed by atoms with Crippen LogP contribution in [-0.4, -0.2) is 35.7 Å². The number of halogens is 1. The largest absolute Gasteiger partial charge is 0.461 e. The van der Waals surface area contributed by atoms with E-state index < -0.39 is 11.7 Å². The van der Waals surface area contributed by atoms with Crippen LogP contribution < -0.4 is 4.90 Å². The summed E-state index contributed by atoms with van der Waals surface area (Å²) in [5.41, 5.74) is 3.66. The summed E-state index contributed by atoms with van der Waals surface area (Å²) in [6.45, 7) is 15.7. The number of pyridine rings is 1. The fourth-order valence-electron chi connectivity index (χ4n) is 5.32. The Morgan fingerprint density at radius 2 is 1.62 bits per heavy atom. The molecule has 0 radical (unpaired) electrons. The first-order chi connectivity index (χ1) is 14.9. The molecule has 1 aromatic heterocycles. The molecule has 1 spiro atoms. The van der Waals surface area contributed by atoms with Crippen LogP contribution in [0.3, 0.4) is 0 Å². The highest BCUT2D eigenvalue weighted by atomic mass is 79.9. The van der Waals surface area contributed by atoms with Gasteiger partial charge in [0, 0.05) is 24.3 Å². The lowest BCUT2D eigenvalue weighted by Crippen LogP contribution is -2.42. The van der Waals surface area contributed by atoms with Crippen LogP contribution >= 0.6 is 15.9 Å². The second-order valence-corrected chi connectivity index (χ2v) is 11.8. The first-order valence-corrected chi connectivity index (χ1v) is 13.0. The molecule has 32 heavy (non-hydrogen) atoms. The monoisotopic (exact) mass is 508 g/mol. The Bertz CT molecular complexity index is 815. The van der Waals surface area contributed by atoms with E-state index in [9.17, 15) is 4.79 Å². The molecule has 0 aromatic carbocycles. The Hall–Kier alpha value is -1.14. The van der Waals surface area contributed by atoms with E-state index in [2.05, 4.69) is 20.8 Å². The van der Waals surface area contributed by atoms with Crippen LogP contribution in [0.1, 0.15) is 103 Å². The molecule has 1 atom stereocenters. The molecule has 0 amide bonds. The maximum absolute atomic E-state index is 13.2. The van der Waals surface area contributed by atoms with E-state index in [1.165, 1.54) is 44.9 Å². The van der Waals surface area contributed by atoms with Crippen molar-refractivity contribution < 1.29 is 14.3 Å². The van der Waals surface area contributed by atoms with Crippen molar-refractivity contribution >= 4 is 27.6 Å². The number of anilines is 1. The van der Waals surface area contributed by atoms with Gasteiger partial charge in [0.2, 0.25) is 0 Å². The van der Waals surface area contributed by atoms with Crippen LogP contribution in [0, 0.1) is 19.3 Å². The Morgan fingerprint density at radius 3 is 2.16 bits per heavy atom. The molecule has 1 aliphatic carbocycles. The van der Waals surface area contributed by atoms with Gasteiger partial charge >= 0.3 is 5.97 Å². The van der Waals surface area contributed by atoms with Crippen LogP contribution in [-0.2, 0) is 14.3 Å². The molecule has 0 N–H and O–H groups in total. The Morgan fingerprint density at radius 1 is 1.03 bits per heavy atom. The van der Waals surface area contributed by atoms with Crippen molar-refractivity contribution in [2.45, 2.75) is 111 Å². The number of esters is 1. The van der Waals surface area contributed by atoms with E-state index in [4.69, 9.17) is 14.5 Å². The molecule has 6 heteroatoms. The van der Waals surface area contributed by atoms with Gasteiger partial charge < -0.3 is 14.4 Å². The zero-order valence-corrected chi connectivity index (χ0v) is 22.6. The fraction of sp³-hybridized carbons (Fsp3) is 0.769. The lowest BCUT2D eigenvalue weighted by Gasteiger charge is -2.46. The molecule has 2 aliphatic rings. The van der Waals surface area contributed by atoms with Gasteiger partial charge in [-0.25, -0.2) is 4.79 Å². The average molecular weight is 510 g/mol. The second-order valence-electron chi connectivity index (χ2n) is 11.0. The van der Waals surface area contributed by atoms with Gasteiger partial charge in [-0.1, -0.05) is 19.3 Å². The topological polar surface area (TPSA) is 51.7 Å². The molecular weight excluding hydrogens is 468 g/mol. The molecule has 180 valence electrons. The quantitative estimate of drug-likeness (QED) is 0.408. The molecule has 2 fully saturated rings. The van der Waals surface area contributed by atoms with Crippen molar-refractivity contribution in [3.8, 4) is 0 Å². The van der Waals surface area contributed by atoms with E-state index in [-0.39, 0.29) is 12.1 Å². The van der Waals surface area contributed by atoms with Gasteiger partial charge in [0.1, 0.15) is 0 Å². The average Bonchev–Trinajstić information content (AvgIpc) is 2.69. The molecule has 5 nitrogen and oxygen atoms in total. The summed E-state index contributed by atoms with van der Waals surface area (Å²) in [5, 5.41) is 0. The number of aromatic nitrogens is 1. The lowest BCUT2D eigenvalue weighted by atomic mass is 9.68. The van der Waals surface area contributed by atoms with Gasteiger partial charge in [0.25, 0.3) is 0 Å². The Balaban J connectivity index is 2.01. The molecule has 1 aliphatic heterocycles. The van der Waals surface area contributed by atoms with E-state index in [1.54, 1.807) is 0 Å². The van der Waals surface area contributed by atoms with Gasteiger partial charge in [0.15, 0.2) is 6.10 Å². The summed E-state index contributed by atoms with van der Waals surface area (Å²) < 4.78 is 12.9. The number of carbonyl (C=O) groups excluding carboxylic acids is 1. The van der Waals surface area contributed by atoms with Crippen molar-refractivity contribution in [2.75, 3.05) is 18.0 Å². The molecule has 1 unspecified atom stereocenters. The zero-order valence-electron chi connectivity index (χ0n) is 21.0. The number of hydrogen-bond acceptors (Lipinski definition) is 5. The van der Waals surface area contributed by atoms with Crippen LogP contribution in [0.5, 0.6) is 0 Å². The molecular formula is C26H41BrN2O3. The van der Waals surface area contributed by atoms with Gasteiger partial charge in [-0.05, 0) is 95.5 Å². The minimum atomic E-state index is -0.817. The fourth-order valence-corrected chi connectivity index (χ4v) is 5.88. The third-order valence-corrected chi connectivity index (χ3v) is 7.81. The predicted octanol–water partition coefficient (Wildman–Crippen LogP) is 6.82. The second kappa shape index (κ2) is 10.0. The first kappa shape index (κ1) is 25.5. The summed E-state index contributed by atoms with van der Waals surface area (Å²) in [7, 11) is 0. The van der Waals surface area contributed by atoms with Gasteiger partial charge in [-0.2, -0.15) is 0 Å². The molecule has 1 saturated carbocycles. The van der Waals surface area contributed by atoms with E-state index in [0.717, 1.165) is 40.2 Å². The number of piperidine rings is 1. The first-order valence-electron chi connectivity index (χ1n) is 12.2. The Kier molecular flexibility index (Phi) is 7.97. The highest BCUT2D eigenvalue weighted by Gasteiger charge is 2.39. The predicted molar refractivity (Wildman–Crippen MR) is 133 cm³/mol. The van der Waals surface area contributed by atoms with E-state index in [1.807, 2.05) is 48.5 Å². The van der Waals surface area contributed by atoms with Crippen molar-refractivity contribution in [3.05, 3.63) is 21.4 Å². The van der Waals surface area contributed by atoms with Gasteiger partial charge in [-0.15, -0.1) is 0 Å². The van der Waals surface area contributed by atoms with Crippen molar-refractivity contribution in [2.24, 2.45) is 5.41 Å². The van der Waals surface area contributed by atoms with Crippen LogP contribution in [0.25, 0.3) is 0 Å². The molecule has 3 rings (SSSR count). The van der Waals surface area contributed by atoms with Crippen LogP contribution in [0.15, 0.2) is 4.47 Å². The standard InChI is InChI=1S/C26H41BrN2O3/c1-17(2)31-24(30)23(32-25(5,6)7)20-18(3)28-19(4)21(27)22(20)29-15-13-26(14-16-29)11-9-8-10-12-26/h17,23H,8-16H2,1-7H3. The van der Waals surface area contributed by atoms with Crippen LogP contribution in [0.4, 0.5) is 5.69 Å². The number of nitrogens with zero attached hydrogens (tertiary/aromatic N) is 2. The third kappa shape index (κ3) is 5.85.